The molecule has 0 unspecified atom stereocenters. The predicted octanol–water partition coefficient (Wildman–Crippen LogP) is 2.18. The Morgan fingerprint density at radius 2 is 2.00 bits per heavy atom. The number of sulfone groups is 1. The van der Waals surface area contributed by atoms with Crippen LogP contribution in [0.15, 0.2) is 47.9 Å². The molecule has 0 aliphatic carbocycles. The highest BCUT2D eigenvalue weighted by Gasteiger charge is 2.34. The van der Waals surface area contributed by atoms with Crippen LogP contribution in [-0.4, -0.2) is 48.7 Å². The van der Waals surface area contributed by atoms with Gasteiger partial charge in [0.2, 0.25) is 0 Å². The van der Waals surface area contributed by atoms with Gasteiger partial charge in [0.25, 0.3) is 0 Å². The lowest BCUT2D eigenvalue weighted by molar-refractivity contribution is -0.141. The normalized spacial score (nSPS) is 12.6. The maximum atomic E-state index is 12.9. The molecule has 0 aliphatic rings. The number of fused-ring (bicyclic) bond motifs is 1. The van der Waals surface area contributed by atoms with Crippen LogP contribution >= 0.6 is 0 Å². The van der Waals surface area contributed by atoms with Crippen molar-refractivity contribution in [2.24, 2.45) is 0 Å². The van der Waals surface area contributed by atoms with Gasteiger partial charge in [-0.1, -0.05) is 12.1 Å². The first-order chi connectivity index (χ1) is 13.7. The summed E-state index contributed by atoms with van der Waals surface area (Å²) >= 11 is 0. The zero-order chi connectivity index (χ0) is 20.8. The summed E-state index contributed by atoms with van der Waals surface area (Å²) in [4.78, 5) is 8.23. The number of alkyl halides is 3. The van der Waals surface area contributed by atoms with E-state index in [1.807, 2.05) is 0 Å². The molecule has 0 amide bonds. The van der Waals surface area contributed by atoms with Crippen molar-refractivity contribution in [1.29, 1.82) is 0 Å². The Hall–Kier alpha value is -3.35. The standard InChI is InChI=1S/C16H12F3N7O2S/c1-2-29(27,28)11-3-4-13(25-6-5-21-24-25)22-15(11)10-8-20-14-7-12(16(17,18)19)23-26(14)9-10/h3-9H,2H2,1H3. The summed E-state index contributed by atoms with van der Waals surface area (Å²) in [7, 11) is -3.68. The van der Waals surface area contributed by atoms with Crippen LogP contribution in [-0.2, 0) is 16.0 Å². The molecular formula is C16H12F3N7O2S. The van der Waals surface area contributed by atoms with Gasteiger partial charge >= 0.3 is 6.18 Å². The van der Waals surface area contributed by atoms with Gasteiger partial charge in [-0.25, -0.2) is 27.6 Å². The van der Waals surface area contributed by atoms with Gasteiger partial charge in [-0.05, 0) is 12.1 Å². The molecule has 13 heteroatoms. The summed E-state index contributed by atoms with van der Waals surface area (Å²) in [5.41, 5.74) is -0.928. The summed E-state index contributed by atoms with van der Waals surface area (Å²) in [6.07, 6.45) is 0.813. The molecule has 150 valence electrons. The van der Waals surface area contributed by atoms with Crippen LogP contribution in [0.5, 0.6) is 0 Å². The third-order valence-corrected chi connectivity index (χ3v) is 5.85. The molecule has 4 aromatic rings. The summed E-state index contributed by atoms with van der Waals surface area (Å²) < 4.78 is 66.1. The fourth-order valence-electron chi connectivity index (χ4n) is 2.64. The van der Waals surface area contributed by atoms with Crippen molar-refractivity contribution in [3.63, 3.8) is 0 Å². The molecule has 0 aliphatic heterocycles. The van der Waals surface area contributed by atoms with E-state index in [1.54, 1.807) is 0 Å². The number of aromatic nitrogens is 7. The monoisotopic (exact) mass is 423 g/mol. The van der Waals surface area contributed by atoms with E-state index < -0.39 is 21.7 Å². The van der Waals surface area contributed by atoms with Crippen LogP contribution in [0.4, 0.5) is 13.2 Å². The van der Waals surface area contributed by atoms with Crippen molar-refractivity contribution >= 4 is 15.5 Å². The van der Waals surface area contributed by atoms with E-state index in [-0.39, 0.29) is 33.4 Å². The average molecular weight is 423 g/mol. The van der Waals surface area contributed by atoms with Gasteiger partial charge in [-0.3, -0.25) is 0 Å². The molecule has 0 atom stereocenters. The Bertz CT molecular complexity index is 1300. The largest absolute Gasteiger partial charge is 0.435 e. The molecule has 0 radical (unpaired) electrons. The Labute approximate surface area is 161 Å². The van der Waals surface area contributed by atoms with E-state index in [0.29, 0.717) is 0 Å². The fourth-order valence-corrected chi connectivity index (χ4v) is 3.69. The number of halogens is 3. The molecule has 0 bridgehead atoms. The van der Waals surface area contributed by atoms with Crippen molar-refractivity contribution in [2.75, 3.05) is 5.75 Å². The van der Waals surface area contributed by atoms with Gasteiger partial charge in [0, 0.05) is 24.0 Å². The van der Waals surface area contributed by atoms with Gasteiger partial charge in [-0.2, -0.15) is 18.3 Å². The van der Waals surface area contributed by atoms with Crippen LogP contribution in [0.25, 0.3) is 22.7 Å². The molecule has 0 aromatic carbocycles. The Balaban J connectivity index is 1.93. The summed E-state index contributed by atoms with van der Waals surface area (Å²) in [6, 6.07) is 3.63. The van der Waals surface area contributed by atoms with E-state index in [1.165, 1.54) is 48.5 Å². The number of nitrogens with zero attached hydrogens (tertiary/aromatic N) is 7. The van der Waals surface area contributed by atoms with Gasteiger partial charge in [0.15, 0.2) is 27.0 Å². The number of rotatable bonds is 4. The van der Waals surface area contributed by atoms with Crippen molar-refractivity contribution < 1.29 is 21.6 Å². The number of hydrogen-bond acceptors (Lipinski definition) is 7. The quantitative estimate of drug-likeness (QED) is 0.495. The molecule has 29 heavy (non-hydrogen) atoms. The first-order valence-electron chi connectivity index (χ1n) is 8.22. The Morgan fingerprint density at radius 3 is 2.66 bits per heavy atom. The minimum absolute atomic E-state index is 0.0262. The SMILES string of the molecule is CCS(=O)(=O)c1ccc(-n2ccnn2)nc1-c1cnc2cc(C(F)(F)F)nn2c1. The zero-order valence-electron chi connectivity index (χ0n) is 14.7. The second-order valence-corrected chi connectivity index (χ2v) is 8.19. The van der Waals surface area contributed by atoms with Crippen LogP contribution in [0.3, 0.4) is 0 Å². The van der Waals surface area contributed by atoms with Gasteiger partial charge in [0.05, 0.1) is 28.7 Å². The number of pyridine rings is 1. The van der Waals surface area contributed by atoms with Gasteiger partial charge in [0.1, 0.15) is 0 Å². The topological polar surface area (TPSA) is 108 Å². The lowest BCUT2D eigenvalue weighted by Gasteiger charge is -2.11. The molecule has 0 N–H and O–H groups in total. The molecule has 4 aromatic heterocycles. The van der Waals surface area contributed by atoms with Crippen LogP contribution in [0.1, 0.15) is 12.6 Å². The zero-order valence-corrected chi connectivity index (χ0v) is 15.6. The van der Waals surface area contributed by atoms with Crippen molar-refractivity contribution in [3.8, 4) is 17.1 Å². The van der Waals surface area contributed by atoms with E-state index in [4.69, 9.17) is 0 Å². The Kier molecular flexibility index (Phi) is 4.33. The second kappa shape index (κ2) is 6.62. The lowest BCUT2D eigenvalue weighted by atomic mass is 10.2. The van der Waals surface area contributed by atoms with Crippen molar-refractivity contribution in [2.45, 2.75) is 18.0 Å². The molecule has 0 spiro atoms. The average Bonchev–Trinajstić information content (AvgIpc) is 3.36. The highest BCUT2D eigenvalue weighted by atomic mass is 32.2. The first-order valence-corrected chi connectivity index (χ1v) is 9.88. The van der Waals surface area contributed by atoms with E-state index >= 15 is 0 Å². The molecule has 4 heterocycles. The number of hydrogen-bond donors (Lipinski definition) is 0. The van der Waals surface area contributed by atoms with Crippen LogP contribution in [0, 0.1) is 0 Å². The maximum Gasteiger partial charge on any atom is 0.435 e. The first kappa shape index (κ1) is 19.0. The smallest absolute Gasteiger partial charge is 0.236 e. The lowest BCUT2D eigenvalue weighted by Crippen LogP contribution is -2.10. The minimum Gasteiger partial charge on any atom is -0.236 e. The van der Waals surface area contributed by atoms with Gasteiger partial charge in [-0.15, -0.1) is 5.10 Å². The van der Waals surface area contributed by atoms with E-state index in [9.17, 15) is 21.6 Å². The third-order valence-electron chi connectivity index (χ3n) is 4.09. The van der Waals surface area contributed by atoms with Crippen molar-refractivity contribution in [1.82, 2.24) is 34.6 Å². The summed E-state index contributed by atoms with van der Waals surface area (Å²) in [5, 5.41) is 11.0. The highest BCUT2D eigenvalue weighted by Crippen LogP contribution is 2.30. The predicted molar refractivity (Wildman–Crippen MR) is 93.9 cm³/mol. The Morgan fingerprint density at radius 1 is 1.21 bits per heavy atom. The third kappa shape index (κ3) is 3.44. The molecule has 9 nitrogen and oxygen atoms in total. The fraction of sp³-hybridized carbons (Fsp3) is 0.188. The van der Waals surface area contributed by atoms with Crippen molar-refractivity contribution in [3.05, 3.63) is 48.7 Å². The van der Waals surface area contributed by atoms with E-state index in [2.05, 4.69) is 25.4 Å². The summed E-state index contributed by atoms with van der Waals surface area (Å²) in [5.74, 6) is 0.101. The van der Waals surface area contributed by atoms with Crippen LogP contribution < -0.4 is 0 Å². The van der Waals surface area contributed by atoms with E-state index in [0.717, 1.165) is 10.6 Å². The second-order valence-electron chi connectivity index (χ2n) is 5.94. The molecule has 0 saturated heterocycles. The van der Waals surface area contributed by atoms with Gasteiger partial charge < -0.3 is 0 Å². The van der Waals surface area contributed by atoms with Crippen LogP contribution in [0.2, 0.25) is 0 Å². The molecular weight excluding hydrogens is 411 g/mol. The maximum absolute atomic E-state index is 12.9. The highest BCUT2D eigenvalue weighted by molar-refractivity contribution is 7.91. The molecule has 4 rings (SSSR count). The molecule has 0 fully saturated rings. The summed E-state index contributed by atoms with van der Waals surface area (Å²) in [6.45, 7) is 1.48. The minimum atomic E-state index is -4.63. The molecule has 0 saturated carbocycles.